The zero-order valence-corrected chi connectivity index (χ0v) is 14.2. The van der Waals surface area contributed by atoms with Gasteiger partial charge >= 0.3 is 0 Å². The minimum atomic E-state index is -0.209. The molecule has 1 aliphatic rings. The van der Waals surface area contributed by atoms with Crippen LogP contribution in [0, 0.1) is 0 Å². The Morgan fingerprint density at radius 3 is 2.58 bits per heavy atom. The van der Waals surface area contributed by atoms with Crippen LogP contribution in [-0.4, -0.2) is 31.4 Å². The van der Waals surface area contributed by atoms with E-state index in [4.69, 9.17) is 21.1 Å². The molecule has 0 saturated carbocycles. The van der Waals surface area contributed by atoms with Gasteiger partial charge in [0, 0.05) is 17.0 Å². The minimum absolute atomic E-state index is 0.209. The highest BCUT2D eigenvalue weighted by Gasteiger charge is 2.30. The summed E-state index contributed by atoms with van der Waals surface area (Å²) in [4.78, 5) is 11.4. The number of methoxy groups -OCH3 is 2. The van der Waals surface area contributed by atoms with Crippen LogP contribution in [-0.2, 0) is 4.79 Å². The smallest absolute Gasteiger partial charge is 0.230 e. The monoisotopic (exact) mass is 344 g/mol. The third-order valence-electron chi connectivity index (χ3n) is 4.03. The lowest BCUT2D eigenvalue weighted by molar-refractivity contribution is -0.119. The first-order valence-electron chi connectivity index (χ1n) is 7.46. The second kappa shape index (κ2) is 6.93. The van der Waals surface area contributed by atoms with Crippen molar-refractivity contribution >= 4 is 23.7 Å². The minimum Gasteiger partial charge on any atom is -0.493 e. The standard InChI is InChI=1S/C18H17ClN2O3/c1-23-17-8-7-12(9-18(17)24-2)15-10-16(21(11-22)20-15)13-5-3-4-6-14(13)19/h3-9,11,16H,10H2,1-2H3. The molecule has 124 valence electrons. The van der Waals surface area contributed by atoms with E-state index in [0.29, 0.717) is 22.9 Å². The van der Waals surface area contributed by atoms with Crippen molar-refractivity contribution in [3.05, 3.63) is 58.6 Å². The van der Waals surface area contributed by atoms with Gasteiger partial charge < -0.3 is 9.47 Å². The predicted molar refractivity (Wildman–Crippen MR) is 92.8 cm³/mol. The Hall–Kier alpha value is -2.53. The Morgan fingerprint density at radius 1 is 1.17 bits per heavy atom. The van der Waals surface area contributed by atoms with Crippen LogP contribution >= 0.6 is 11.6 Å². The number of amides is 1. The number of carbonyl (C=O) groups is 1. The first-order valence-corrected chi connectivity index (χ1v) is 7.83. The molecule has 1 unspecified atom stereocenters. The quantitative estimate of drug-likeness (QED) is 0.778. The van der Waals surface area contributed by atoms with Gasteiger partial charge in [0.25, 0.3) is 0 Å². The average Bonchev–Trinajstić information content (AvgIpc) is 3.05. The fraction of sp³-hybridized carbons (Fsp3) is 0.222. The fourth-order valence-corrected chi connectivity index (χ4v) is 3.07. The zero-order valence-electron chi connectivity index (χ0n) is 13.4. The van der Waals surface area contributed by atoms with Crippen LogP contribution in [0.15, 0.2) is 47.6 Å². The highest BCUT2D eigenvalue weighted by Crippen LogP contribution is 2.36. The molecule has 0 aromatic heterocycles. The summed E-state index contributed by atoms with van der Waals surface area (Å²) in [6, 6.07) is 12.9. The molecule has 1 heterocycles. The number of carbonyl (C=O) groups excluding carboxylic acids is 1. The maximum Gasteiger partial charge on any atom is 0.230 e. The predicted octanol–water partition coefficient (Wildman–Crippen LogP) is 3.66. The average molecular weight is 345 g/mol. The summed E-state index contributed by atoms with van der Waals surface area (Å²) in [5, 5.41) is 6.47. The number of ether oxygens (including phenoxy) is 2. The molecule has 1 amide bonds. The Balaban J connectivity index is 1.94. The van der Waals surface area contributed by atoms with Gasteiger partial charge in [-0.25, -0.2) is 5.01 Å². The summed E-state index contributed by atoms with van der Waals surface area (Å²) in [5.74, 6) is 1.27. The van der Waals surface area contributed by atoms with Crippen LogP contribution in [0.1, 0.15) is 23.6 Å². The van der Waals surface area contributed by atoms with Gasteiger partial charge in [0.05, 0.1) is 26.0 Å². The molecule has 24 heavy (non-hydrogen) atoms. The van der Waals surface area contributed by atoms with Gasteiger partial charge in [0.2, 0.25) is 6.41 Å². The van der Waals surface area contributed by atoms with Crippen LogP contribution < -0.4 is 9.47 Å². The van der Waals surface area contributed by atoms with Crippen LogP contribution in [0.25, 0.3) is 0 Å². The van der Waals surface area contributed by atoms with Crippen molar-refractivity contribution in [2.24, 2.45) is 5.10 Å². The van der Waals surface area contributed by atoms with E-state index < -0.39 is 0 Å². The molecule has 0 bridgehead atoms. The van der Waals surface area contributed by atoms with Crippen molar-refractivity contribution in [2.45, 2.75) is 12.5 Å². The Kier molecular flexibility index (Phi) is 4.71. The number of hydrogen-bond donors (Lipinski definition) is 0. The van der Waals surface area contributed by atoms with Gasteiger partial charge in [-0.2, -0.15) is 5.10 Å². The normalized spacial score (nSPS) is 16.7. The number of halogens is 1. The lowest BCUT2D eigenvalue weighted by atomic mass is 9.98. The van der Waals surface area contributed by atoms with E-state index in [1.54, 1.807) is 14.2 Å². The number of rotatable bonds is 5. The van der Waals surface area contributed by atoms with Crippen molar-refractivity contribution in [1.29, 1.82) is 0 Å². The van der Waals surface area contributed by atoms with Crippen molar-refractivity contribution in [2.75, 3.05) is 14.2 Å². The van der Waals surface area contributed by atoms with Crippen molar-refractivity contribution in [1.82, 2.24) is 5.01 Å². The molecule has 3 rings (SSSR count). The Labute approximate surface area is 145 Å². The van der Waals surface area contributed by atoms with E-state index in [0.717, 1.165) is 23.2 Å². The number of benzene rings is 2. The van der Waals surface area contributed by atoms with Gasteiger partial charge in [-0.05, 0) is 29.8 Å². The van der Waals surface area contributed by atoms with Crippen molar-refractivity contribution < 1.29 is 14.3 Å². The second-order valence-corrected chi connectivity index (χ2v) is 5.75. The topological polar surface area (TPSA) is 51.1 Å². The molecule has 2 aromatic rings. The number of hydrazone groups is 1. The Morgan fingerprint density at radius 2 is 1.92 bits per heavy atom. The number of nitrogens with zero attached hydrogens (tertiary/aromatic N) is 2. The highest BCUT2D eigenvalue weighted by molar-refractivity contribution is 6.31. The van der Waals surface area contributed by atoms with Crippen molar-refractivity contribution in [3.8, 4) is 11.5 Å². The van der Waals surface area contributed by atoms with Crippen LogP contribution in [0.2, 0.25) is 5.02 Å². The van der Waals surface area contributed by atoms with E-state index in [9.17, 15) is 4.79 Å². The van der Waals surface area contributed by atoms with E-state index in [1.165, 1.54) is 5.01 Å². The molecule has 6 heteroatoms. The molecule has 0 N–H and O–H groups in total. The maximum absolute atomic E-state index is 11.4. The summed E-state index contributed by atoms with van der Waals surface area (Å²) in [7, 11) is 3.18. The van der Waals surface area contributed by atoms with Gasteiger partial charge in [-0.1, -0.05) is 29.8 Å². The van der Waals surface area contributed by atoms with E-state index in [-0.39, 0.29) is 6.04 Å². The molecule has 0 fully saturated rings. The molecule has 2 aromatic carbocycles. The van der Waals surface area contributed by atoms with Gasteiger partial charge in [0.1, 0.15) is 0 Å². The molecule has 1 aliphatic heterocycles. The molecule has 1 atom stereocenters. The fourth-order valence-electron chi connectivity index (χ4n) is 2.81. The molecular formula is C18H17ClN2O3. The van der Waals surface area contributed by atoms with Gasteiger partial charge in [0.15, 0.2) is 11.5 Å². The lowest BCUT2D eigenvalue weighted by Crippen LogP contribution is -2.17. The molecule has 0 saturated heterocycles. The summed E-state index contributed by atoms with van der Waals surface area (Å²) < 4.78 is 10.6. The second-order valence-electron chi connectivity index (χ2n) is 5.34. The van der Waals surface area contributed by atoms with Gasteiger partial charge in [-0.15, -0.1) is 0 Å². The number of hydrogen-bond acceptors (Lipinski definition) is 4. The van der Waals surface area contributed by atoms with Crippen LogP contribution in [0.3, 0.4) is 0 Å². The first-order chi connectivity index (χ1) is 11.7. The van der Waals surface area contributed by atoms with E-state index >= 15 is 0 Å². The third kappa shape index (κ3) is 2.95. The summed E-state index contributed by atoms with van der Waals surface area (Å²) in [6.45, 7) is 0. The molecule has 0 radical (unpaired) electrons. The first kappa shape index (κ1) is 16.3. The van der Waals surface area contributed by atoms with Crippen LogP contribution in [0.5, 0.6) is 11.5 Å². The molecule has 0 aliphatic carbocycles. The maximum atomic E-state index is 11.4. The SMILES string of the molecule is COc1ccc(C2=NN(C=O)C(c3ccccc3Cl)C2)cc1OC. The molecule has 0 spiro atoms. The summed E-state index contributed by atoms with van der Waals surface area (Å²) >= 11 is 6.28. The molecule has 5 nitrogen and oxygen atoms in total. The van der Waals surface area contributed by atoms with E-state index in [1.807, 2.05) is 42.5 Å². The van der Waals surface area contributed by atoms with Crippen molar-refractivity contribution in [3.63, 3.8) is 0 Å². The van der Waals surface area contributed by atoms with Crippen LogP contribution in [0.4, 0.5) is 0 Å². The largest absolute Gasteiger partial charge is 0.493 e. The van der Waals surface area contributed by atoms with E-state index in [2.05, 4.69) is 5.10 Å². The lowest BCUT2D eigenvalue weighted by Gasteiger charge is -2.18. The van der Waals surface area contributed by atoms with Gasteiger partial charge in [-0.3, -0.25) is 4.79 Å². The Bertz CT molecular complexity index is 792. The third-order valence-corrected chi connectivity index (χ3v) is 4.38. The summed E-state index contributed by atoms with van der Waals surface area (Å²) in [5.41, 5.74) is 2.56. The molecular weight excluding hydrogens is 328 g/mol. The highest BCUT2D eigenvalue weighted by atomic mass is 35.5. The summed E-state index contributed by atoms with van der Waals surface area (Å²) in [6.07, 6.45) is 1.31. The zero-order chi connectivity index (χ0) is 17.1.